The monoisotopic (exact) mass is 319 g/mol. The Balaban J connectivity index is 1.41. The molecule has 1 N–H and O–H groups in total. The number of carbonyl (C=O) groups is 1. The van der Waals surface area contributed by atoms with E-state index in [4.69, 9.17) is 0 Å². The van der Waals surface area contributed by atoms with Crippen LogP contribution in [0.3, 0.4) is 0 Å². The smallest absolute Gasteiger partial charge is 0.222 e. The number of rotatable bonds is 4. The van der Waals surface area contributed by atoms with Crippen molar-refractivity contribution in [3.8, 4) is 0 Å². The fourth-order valence-corrected chi connectivity index (χ4v) is 3.58. The van der Waals surface area contributed by atoms with Gasteiger partial charge >= 0.3 is 0 Å². The third-order valence-electron chi connectivity index (χ3n) is 4.81. The molecule has 0 fully saturated rings. The molecule has 1 heterocycles. The summed E-state index contributed by atoms with van der Waals surface area (Å²) in [6.07, 6.45) is 5.57. The number of benzene rings is 2. The average molecular weight is 319 g/mol. The number of nitrogens with zero attached hydrogens (tertiary/aromatic N) is 2. The minimum Gasteiger partial charge on any atom is -0.349 e. The molecule has 1 aliphatic carbocycles. The van der Waals surface area contributed by atoms with Crippen molar-refractivity contribution < 1.29 is 4.79 Å². The minimum absolute atomic E-state index is 0.0938. The van der Waals surface area contributed by atoms with Crippen molar-refractivity contribution in [2.24, 2.45) is 0 Å². The molecule has 2 aromatic carbocycles. The Bertz CT molecular complexity index is 868. The summed E-state index contributed by atoms with van der Waals surface area (Å²) in [5.74, 6) is 0.0938. The lowest BCUT2D eigenvalue weighted by atomic mass is 9.88. The molecule has 24 heavy (non-hydrogen) atoms. The zero-order chi connectivity index (χ0) is 16.4. The van der Waals surface area contributed by atoms with Crippen LogP contribution in [0, 0.1) is 0 Å². The predicted molar refractivity (Wildman–Crippen MR) is 94.6 cm³/mol. The first-order valence-corrected chi connectivity index (χ1v) is 8.59. The normalized spacial score (nSPS) is 16.8. The number of aromatic nitrogens is 2. The zero-order valence-corrected chi connectivity index (χ0v) is 13.6. The Morgan fingerprint density at radius 1 is 1.17 bits per heavy atom. The maximum absolute atomic E-state index is 12.4. The van der Waals surface area contributed by atoms with E-state index in [2.05, 4.69) is 34.7 Å². The van der Waals surface area contributed by atoms with Gasteiger partial charge in [-0.25, -0.2) is 0 Å². The van der Waals surface area contributed by atoms with Crippen LogP contribution in [-0.2, 0) is 17.8 Å². The van der Waals surface area contributed by atoms with Crippen LogP contribution in [0.1, 0.15) is 36.4 Å². The molecule has 1 unspecified atom stereocenters. The van der Waals surface area contributed by atoms with Crippen LogP contribution in [0.25, 0.3) is 10.9 Å². The van der Waals surface area contributed by atoms with Crippen molar-refractivity contribution in [1.82, 2.24) is 15.1 Å². The molecule has 0 spiro atoms. The molecule has 4 rings (SSSR count). The fraction of sp³-hybridized carbons (Fsp3) is 0.300. The van der Waals surface area contributed by atoms with Gasteiger partial charge < -0.3 is 5.32 Å². The fourth-order valence-electron chi connectivity index (χ4n) is 3.58. The van der Waals surface area contributed by atoms with Crippen LogP contribution in [0.15, 0.2) is 54.7 Å². The number of fused-ring (bicyclic) bond motifs is 2. The quantitative estimate of drug-likeness (QED) is 0.798. The zero-order valence-electron chi connectivity index (χ0n) is 13.6. The third kappa shape index (κ3) is 2.92. The second kappa shape index (κ2) is 6.48. The van der Waals surface area contributed by atoms with E-state index in [1.165, 1.54) is 11.1 Å². The van der Waals surface area contributed by atoms with Crippen molar-refractivity contribution in [1.29, 1.82) is 0 Å². The van der Waals surface area contributed by atoms with E-state index in [1.807, 2.05) is 35.1 Å². The van der Waals surface area contributed by atoms with Gasteiger partial charge in [0.1, 0.15) is 0 Å². The molecule has 0 saturated carbocycles. The number of hydrogen-bond acceptors (Lipinski definition) is 2. The summed E-state index contributed by atoms with van der Waals surface area (Å²) in [5, 5.41) is 8.70. The minimum atomic E-state index is 0.0938. The van der Waals surface area contributed by atoms with Crippen molar-refractivity contribution in [2.75, 3.05) is 0 Å². The highest BCUT2D eigenvalue weighted by Gasteiger charge is 2.21. The van der Waals surface area contributed by atoms with Gasteiger partial charge in [-0.15, -0.1) is 0 Å². The number of carbonyl (C=O) groups excluding carboxylic acids is 1. The summed E-state index contributed by atoms with van der Waals surface area (Å²) in [7, 11) is 0. The molecule has 0 bridgehead atoms. The molecule has 3 aromatic rings. The molecule has 4 heteroatoms. The van der Waals surface area contributed by atoms with Crippen molar-refractivity contribution >= 4 is 16.8 Å². The Labute approximate surface area is 141 Å². The molecule has 1 aliphatic rings. The summed E-state index contributed by atoms with van der Waals surface area (Å²) < 4.78 is 1.91. The molecule has 1 amide bonds. The summed E-state index contributed by atoms with van der Waals surface area (Å²) in [6.45, 7) is 0.605. The molecule has 4 nitrogen and oxygen atoms in total. The van der Waals surface area contributed by atoms with Crippen molar-refractivity contribution in [3.63, 3.8) is 0 Å². The van der Waals surface area contributed by atoms with Crippen molar-refractivity contribution in [3.05, 3.63) is 65.9 Å². The van der Waals surface area contributed by atoms with E-state index in [0.29, 0.717) is 13.0 Å². The van der Waals surface area contributed by atoms with E-state index in [1.54, 1.807) is 0 Å². The van der Waals surface area contributed by atoms with Crippen LogP contribution >= 0.6 is 0 Å². The van der Waals surface area contributed by atoms with Crippen LogP contribution < -0.4 is 5.32 Å². The second-order valence-electron chi connectivity index (χ2n) is 6.39. The van der Waals surface area contributed by atoms with Crippen LogP contribution in [0.2, 0.25) is 0 Å². The standard InChI is InChI=1S/C20H21N3O/c24-20(12-13-23-19-11-4-2-7-16(19)14-21-23)22-18-10-5-8-15-6-1-3-9-17(15)18/h1-4,6-7,9,11,14,18H,5,8,10,12-13H2,(H,22,24). The van der Waals surface area contributed by atoms with Gasteiger partial charge in [-0.2, -0.15) is 5.10 Å². The summed E-state index contributed by atoms with van der Waals surface area (Å²) in [6, 6.07) is 16.7. The summed E-state index contributed by atoms with van der Waals surface area (Å²) in [5.41, 5.74) is 3.72. The summed E-state index contributed by atoms with van der Waals surface area (Å²) >= 11 is 0. The summed E-state index contributed by atoms with van der Waals surface area (Å²) in [4.78, 5) is 12.4. The molecule has 122 valence electrons. The first-order valence-electron chi connectivity index (χ1n) is 8.59. The highest BCUT2D eigenvalue weighted by molar-refractivity contribution is 5.79. The number of para-hydroxylation sites is 1. The van der Waals surface area contributed by atoms with Gasteiger partial charge in [0.05, 0.1) is 24.3 Å². The Kier molecular flexibility index (Phi) is 4.03. The topological polar surface area (TPSA) is 46.9 Å². The highest BCUT2D eigenvalue weighted by atomic mass is 16.1. The van der Waals surface area contributed by atoms with Gasteiger partial charge in [-0.1, -0.05) is 42.5 Å². The Morgan fingerprint density at radius 3 is 2.96 bits per heavy atom. The number of hydrogen-bond donors (Lipinski definition) is 1. The Hall–Kier alpha value is -2.62. The number of aryl methyl sites for hydroxylation is 2. The Morgan fingerprint density at radius 2 is 2.00 bits per heavy atom. The highest BCUT2D eigenvalue weighted by Crippen LogP contribution is 2.29. The van der Waals surface area contributed by atoms with Gasteiger partial charge in [0.2, 0.25) is 5.91 Å². The van der Waals surface area contributed by atoms with Crippen molar-refractivity contribution in [2.45, 2.75) is 38.3 Å². The molecule has 1 aromatic heterocycles. The number of nitrogens with one attached hydrogen (secondary N) is 1. The van der Waals surface area contributed by atoms with E-state index in [9.17, 15) is 4.79 Å². The maximum atomic E-state index is 12.4. The van der Waals surface area contributed by atoms with Gasteiger partial charge in [0, 0.05) is 11.8 Å². The van der Waals surface area contributed by atoms with E-state index >= 15 is 0 Å². The SMILES string of the molecule is O=C(CCn1ncc2ccccc21)NC1CCCc2ccccc21. The third-order valence-corrected chi connectivity index (χ3v) is 4.81. The van der Waals surface area contributed by atoms with Crippen LogP contribution in [0.4, 0.5) is 0 Å². The van der Waals surface area contributed by atoms with Gasteiger partial charge in [-0.3, -0.25) is 9.48 Å². The first kappa shape index (κ1) is 14.9. The van der Waals surface area contributed by atoms with E-state index < -0.39 is 0 Å². The van der Waals surface area contributed by atoms with Crippen LogP contribution in [0.5, 0.6) is 0 Å². The lowest BCUT2D eigenvalue weighted by molar-refractivity contribution is -0.122. The van der Waals surface area contributed by atoms with Crippen LogP contribution in [-0.4, -0.2) is 15.7 Å². The predicted octanol–water partition coefficient (Wildman–Crippen LogP) is 3.62. The first-order chi connectivity index (χ1) is 11.8. The molecule has 0 radical (unpaired) electrons. The van der Waals surface area contributed by atoms with E-state index in [-0.39, 0.29) is 11.9 Å². The lowest BCUT2D eigenvalue weighted by Crippen LogP contribution is -2.31. The molecule has 0 aliphatic heterocycles. The molecular formula is C20H21N3O. The molecular weight excluding hydrogens is 298 g/mol. The molecule has 0 saturated heterocycles. The van der Waals surface area contributed by atoms with Gasteiger partial charge in [-0.05, 0) is 36.5 Å². The van der Waals surface area contributed by atoms with Gasteiger partial charge in [0.25, 0.3) is 0 Å². The largest absolute Gasteiger partial charge is 0.349 e. The maximum Gasteiger partial charge on any atom is 0.222 e. The second-order valence-corrected chi connectivity index (χ2v) is 6.39. The van der Waals surface area contributed by atoms with Gasteiger partial charge in [0.15, 0.2) is 0 Å². The molecule has 1 atom stereocenters. The van der Waals surface area contributed by atoms with E-state index in [0.717, 1.165) is 30.2 Å². The number of amides is 1. The lowest BCUT2D eigenvalue weighted by Gasteiger charge is -2.26. The average Bonchev–Trinajstić information content (AvgIpc) is 3.04.